The zero-order valence-corrected chi connectivity index (χ0v) is 7.84. The molecular formula is C10H11NO3. The third-order valence-corrected chi connectivity index (χ3v) is 1.63. The molecule has 0 aliphatic rings. The topological polar surface area (TPSA) is 52.4 Å². The van der Waals surface area contributed by atoms with Crippen molar-refractivity contribution in [3.63, 3.8) is 0 Å². The molecule has 1 aromatic rings. The van der Waals surface area contributed by atoms with E-state index in [4.69, 9.17) is 0 Å². The number of ether oxygens (including phenoxy) is 1. The summed E-state index contributed by atoms with van der Waals surface area (Å²) in [5.74, 6) is -0.643. The molecule has 0 aliphatic carbocycles. The zero-order chi connectivity index (χ0) is 10.4. The monoisotopic (exact) mass is 193 g/mol. The smallest absolute Gasteiger partial charge is 0.396 e. The normalized spacial score (nSPS) is 11.1. The van der Waals surface area contributed by atoms with Crippen molar-refractivity contribution in [2.24, 2.45) is 0 Å². The number of nitrogens with zero attached hydrogens (tertiary/aromatic N) is 1. The summed E-state index contributed by atoms with van der Waals surface area (Å²) in [7, 11) is 1.23. The van der Waals surface area contributed by atoms with E-state index in [1.807, 2.05) is 30.3 Å². The van der Waals surface area contributed by atoms with Crippen LogP contribution in [-0.2, 0) is 16.1 Å². The minimum atomic E-state index is -0.643. The summed E-state index contributed by atoms with van der Waals surface area (Å²) in [6.07, 6.45) is 0.882. The Morgan fingerprint density at radius 3 is 2.71 bits per heavy atom. The zero-order valence-electron chi connectivity index (χ0n) is 7.84. The van der Waals surface area contributed by atoms with Gasteiger partial charge in [0.25, 0.3) is 6.21 Å². The number of carbonyl (C=O) groups is 1. The second-order valence-corrected chi connectivity index (χ2v) is 2.71. The highest BCUT2D eigenvalue weighted by atomic mass is 16.5. The molecular weight excluding hydrogens is 182 g/mol. The lowest BCUT2D eigenvalue weighted by atomic mass is 10.2. The Hall–Kier alpha value is -1.84. The largest absolute Gasteiger partial charge is 0.623 e. The summed E-state index contributed by atoms with van der Waals surface area (Å²) < 4.78 is 4.87. The van der Waals surface area contributed by atoms with Crippen LogP contribution in [0.4, 0.5) is 0 Å². The van der Waals surface area contributed by atoms with Crippen LogP contribution in [0.3, 0.4) is 0 Å². The van der Waals surface area contributed by atoms with Gasteiger partial charge in [0, 0.05) is 5.56 Å². The maximum atomic E-state index is 11.1. The first kappa shape index (κ1) is 10.2. The molecule has 1 rings (SSSR count). The number of esters is 1. The summed E-state index contributed by atoms with van der Waals surface area (Å²) in [5.41, 5.74) is 0.850. The predicted octanol–water partition coefficient (Wildman–Crippen LogP) is 0.941. The van der Waals surface area contributed by atoms with Gasteiger partial charge in [-0.2, -0.15) is 0 Å². The predicted molar refractivity (Wildman–Crippen MR) is 51.9 cm³/mol. The van der Waals surface area contributed by atoms with Crippen molar-refractivity contribution in [2.45, 2.75) is 6.54 Å². The van der Waals surface area contributed by atoms with Gasteiger partial charge in [0.1, 0.15) is 0 Å². The van der Waals surface area contributed by atoms with Crippen molar-refractivity contribution in [1.29, 1.82) is 0 Å². The summed E-state index contributed by atoms with van der Waals surface area (Å²) in [4.78, 5) is 10.7. The first-order valence-corrected chi connectivity index (χ1v) is 4.13. The van der Waals surface area contributed by atoms with E-state index in [0.717, 1.165) is 11.8 Å². The van der Waals surface area contributed by atoms with E-state index in [0.29, 0.717) is 4.74 Å². The van der Waals surface area contributed by atoms with Crippen molar-refractivity contribution in [3.05, 3.63) is 41.1 Å². The summed E-state index contributed by atoms with van der Waals surface area (Å²) in [5, 5.41) is 11.1. The van der Waals surface area contributed by atoms with Gasteiger partial charge in [0.15, 0.2) is 6.54 Å². The van der Waals surface area contributed by atoms with E-state index in [1.54, 1.807) is 0 Å². The Balaban J connectivity index is 2.61. The SMILES string of the molecule is COC(=O)/C=[N+](\[O-])Cc1ccccc1. The Morgan fingerprint density at radius 1 is 1.50 bits per heavy atom. The van der Waals surface area contributed by atoms with Crippen molar-refractivity contribution >= 4 is 12.2 Å². The molecule has 0 fully saturated rings. The van der Waals surface area contributed by atoms with Crippen LogP contribution in [0.15, 0.2) is 30.3 Å². The molecule has 0 unspecified atom stereocenters. The van der Waals surface area contributed by atoms with Crippen LogP contribution in [0.2, 0.25) is 0 Å². The fourth-order valence-corrected chi connectivity index (χ4v) is 0.979. The molecule has 74 valence electrons. The molecule has 0 N–H and O–H groups in total. The van der Waals surface area contributed by atoms with Crippen LogP contribution in [0.1, 0.15) is 5.56 Å². The standard InChI is InChI=1S/C10H11NO3/c1-14-10(12)8-11(13)7-9-5-3-2-4-6-9/h2-6,8H,7H2,1H3/b11-8-. The molecule has 0 bridgehead atoms. The lowest BCUT2D eigenvalue weighted by molar-refractivity contribution is -0.469. The highest BCUT2D eigenvalue weighted by molar-refractivity contribution is 6.20. The van der Waals surface area contributed by atoms with Gasteiger partial charge in [-0.05, 0) is 0 Å². The second-order valence-electron chi connectivity index (χ2n) is 2.71. The fourth-order valence-electron chi connectivity index (χ4n) is 0.979. The van der Waals surface area contributed by atoms with Gasteiger partial charge in [-0.3, -0.25) is 0 Å². The number of hydrogen-bond acceptors (Lipinski definition) is 3. The van der Waals surface area contributed by atoms with Gasteiger partial charge < -0.3 is 9.94 Å². The third-order valence-electron chi connectivity index (χ3n) is 1.63. The van der Waals surface area contributed by atoms with Crippen LogP contribution in [0.25, 0.3) is 0 Å². The Labute approximate surface area is 82.0 Å². The lowest BCUT2D eigenvalue weighted by Crippen LogP contribution is -2.13. The maximum absolute atomic E-state index is 11.1. The Morgan fingerprint density at radius 2 is 2.14 bits per heavy atom. The molecule has 1 aromatic carbocycles. The summed E-state index contributed by atoms with van der Waals surface area (Å²) >= 11 is 0. The number of hydroxylamine groups is 1. The quantitative estimate of drug-likeness (QED) is 0.236. The van der Waals surface area contributed by atoms with E-state index >= 15 is 0 Å². The number of hydrogen-bond donors (Lipinski definition) is 0. The molecule has 0 amide bonds. The van der Waals surface area contributed by atoms with Crippen molar-refractivity contribution in [3.8, 4) is 0 Å². The van der Waals surface area contributed by atoms with Crippen LogP contribution < -0.4 is 0 Å². The van der Waals surface area contributed by atoms with Crippen LogP contribution in [-0.4, -0.2) is 24.0 Å². The van der Waals surface area contributed by atoms with E-state index in [2.05, 4.69) is 4.74 Å². The molecule has 0 heterocycles. The average Bonchev–Trinajstić information content (AvgIpc) is 2.19. The molecule has 0 saturated carbocycles. The Bertz CT molecular complexity index is 332. The molecule has 0 spiro atoms. The molecule has 0 atom stereocenters. The van der Waals surface area contributed by atoms with E-state index in [-0.39, 0.29) is 6.54 Å². The highest BCUT2D eigenvalue weighted by Gasteiger charge is 2.02. The number of rotatable bonds is 3. The van der Waals surface area contributed by atoms with Crippen LogP contribution in [0, 0.1) is 5.21 Å². The Kier molecular flexibility index (Phi) is 3.67. The first-order chi connectivity index (χ1) is 6.72. The van der Waals surface area contributed by atoms with E-state index in [9.17, 15) is 10.0 Å². The van der Waals surface area contributed by atoms with Gasteiger partial charge in [0.05, 0.1) is 7.11 Å². The van der Waals surface area contributed by atoms with Gasteiger partial charge in [-0.15, -0.1) is 0 Å². The van der Waals surface area contributed by atoms with Gasteiger partial charge in [-0.25, -0.2) is 9.53 Å². The maximum Gasteiger partial charge on any atom is 0.396 e. The number of benzene rings is 1. The number of carbonyl (C=O) groups excluding carboxylic acids is 1. The summed E-state index contributed by atoms with van der Waals surface area (Å²) in [6, 6.07) is 9.16. The third kappa shape index (κ3) is 3.26. The van der Waals surface area contributed by atoms with E-state index in [1.165, 1.54) is 7.11 Å². The summed E-state index contributed by atoms with van der Waals surface area (Å²) in [6.45, 7) is 0.149. The van der Waals surface area contributed by atoms with Crippen molar-refractivity contribution in [2.75, 3.05) is 7.11 Å². The molecule has 0 aliphatic heterocycles. The van der Waals surface area contributed by atoms with Gasteiger partial charge in [0.2, 0.25) is 0 Å². The van der Waals surface area contributed by atoms with Gasteiger partial charge >= 0.3 is 5.97 Å². The van der Waals surface area contributed by atoms with Gasteiger partial charge in [-0.1, -0.05) is 30.3 Å². The average molecular weight is 193 g/mol. The highest BCUT2D eigenvalue weighted by Crippen LogP contribution is 1.99. The molecule has 4 nitrogen and oxygen atoms in total. The first-order valence-electron chi connectivity index (χ1n) is 4.13. The lowest BCUT2D eigenvalue weighted by Gasteiger charge is -2.02. The minimum absolute atomic E-state index is 0.149. The van der Waals surface area contributed by atoms with Crippen molar-refractivity contribution < 1.29 is 14.3 Å². The molecule has 0 saturated heterocycles. The van der Waals surface area contributed by atoms with Crippen molar-refractivity contribution in [1.82, 2.24) is 0 Å². The molecule has 0 aromatic heterocycles. The van der Waals surface area contributed by atoms with Crippen LogP contribution >= 0.6 is 0 Å². The minimum Gasteiger partial charge on any atom is -0.623 e. The molecule has 4 heteroatoms. The number of methoxy groups -OCH3 is 1. The second kappa shape index (κ2) is 5.01. The molecule has 0 radical (unpaired) electrons. The van der Waals surface area contributed by atoms with E-state index < -0.39 is 5.97 Å². The fraction of sp³-hybridized carbons (Fsp3) is 0.200. The molecule has 14 heavy (non-hydrogen) atoms. The van der Waals surface area contributed by atoms with Crippen LogP contribution in [0.5, 0.6) is 0 Å².